The van der Waals surface area contributed by atoms with Crippen LogP contribution < -0.4 is 4.90 Å². The number of aromatic nitrogens is 2. The van der Waals surface area contributed by atoms with Gasteiger partial charge in [0, 0.05) is 13.1 Å². The van der Waals surface area contributed by atoms with Crippen molar-refractivity contribution in [3.8, 4) is 0 Å². The monoisotopic (exact) mass is 211 g/mol. The molecule has 1 fully saturated rings. The Labute approximate surface area is 89.1 Å². The topological polar surface area (TPSA) is 29.0 Å². The summed E-state index contributed by atoms with van der Waals surface area (Å²) in [6, 6.07) is 0.630. The van der Waals surface area contributed by atoms with Crippen LogP contribution in [0.25, 0.3) is 0 Å². The predicted octanol–water partition coefficient (Wildman–Crippen LogP) is 2.51. The molecule has 14 heavy (non-hydrogen) atoms. The highest BCUT2D eigenvalue weighted by molar-refractivity contribution is 6.29. The van der Waals surface area contributed by atoms with E-state index in [9.17, 15) is 0 Å². The molecule has 1 aromatic rings. The number of anilines is 1. The Hall–Kier alpha value is -0.830. The summed E-state index contributed by atoms with van der Waals surface area (Å²) in [4.78, 5) is 10.5. The number of rotatable bonds is 2. The average molecular weight is 212 g/mol. The van der Waals surface area contributed by atoms with Crippen molar-refractivity contribution in [3.63, 3.8) is 0 Å². The van der Waals surface area contributed by atoms with Gasteiger partial charge in [0.15, 0.2) is 0 Å². The molecule has 0 saturated heterocycles. The highest BCUT2D eigenvalue weighted by Crippen LogP contribution is 2.25. The molecule has 0 amide bonds. The second kappa shape index (κ2) is 4.13. The first-order valence-electron chi connectivity index (χ1n) is 4.98. The van der Waals surface area contributed by atoms with Crippen LogP contribution in [0.1, 0.15) is 25.7 Å². The molecule has 0 atom stereocenters. The van der Waals surface area contributed by atoms with E-state index in [1.807, 2.05) is 0 Å². The minimum atomic E-state index is 0.452. The lowest BCUT2D eigenvalue weighted by molar-refractivity contribution is 0.645. The number of halogens is 1. The van der Waals surface area contributed by atoms with E-state index in [1.165, 1.54) is 25.7 Å². The zero-order valence-electron chi connectivity index (χ0n) is 8.28. The Morgan fingerprint density at radius 1 is 1.29 bits per heavy atom. The van der Waals surface area contributed by atoms with E-state index in [0.717, 1.165) is 5.82 Å². The molecular weight excluding hydrogens is 198 g/mol. The van der Waals surface area contributed by atoms with Gasteiger partial charge in [-0.05, 0) is 12.8 Å². The fraction of sp³-hybridized carbons (Fsp3) is 0.600. The third kappa shape index (κ3) is 1.98. The van der Waals surface area contributed by atoms with E-state index in [0.29, 0.717) is 11.2 Å². The van der Waals surface area contributed by atoms with Crippen LogP contribution in [0.3, 0.4) is 0 Å². The average Bonchev–Trinajstić information content (AvgIpc) is 2.71. The minimum absolute atomic E-state index is 0.452. The predicted molar refractivity (Wildman–Crippen MR) is 57.7 cm³/mol. The summed E-state index contributed by atoms with van der Waals surface area (Å²) < 4.78 is 0. The van der Waals surface area contributed by atoms with Crippen LogP contribution in [0, 0.1) is 0 Å². The Balaban J connectivity index is 2.09. The van der Waals surface area contributed by atoms with E-state index < -0.39 is 0 Å². The van der Waals surface area contributed by atoms with Gasteiger partial charge in [-0.3, -0.25) is 0 Å². The van der Waals surface area contributed by atoms with Crippen molar-refractivity contribution in [2.75, 3.05) is 11.9 Å². The quantitative estimate of drug-likeness (QED) is 0.753. The lowest BCUT2D eigenvalue weighted by atomic mass is 10.2. The Morgan fingerprint density at radius 3 is 2.57 bits per heavy atom. The lowest BCUT2D eigenvalue weighted by Gasteiger charge is -2.24. The van der Waals surface area contributed by atoms with Gasteiger partial charge in [-0.15, -0.1) is 0 Å². The molecule has 1 saturated carbocycles. The van der Waals surface area contributed by atoms with Crippen molar-refractivity contribution in [2.24, 2.45) is 0 Å². The van der Waals surface area contributed by atoms with Crippen LogP contribution in [-0.4, -0.2) is 23.1 Å². The Bertz CT molecular complexity index is 293. The zero-order valence-corrected chi connectivity index (χ0v) is 9.04. The van der Waals surface area contributed by atoms with Crippen LogP contribution >= 0.6 is 11.6 Å². The van der Waals surface area contributed by atoms with Gasteiger partial charge >= 0.3 is 0 Å². The lowest BCUT2D eigenvalue weighted by Crippen LogP contribution is -2.29. The van der Waals surface area contributed by atoms with Gasteiger partial charge < -0.3 is 4.90 Å². The van der Waals surface area contributed by atoms with Crippen molar-refractivity contribution in [2.45, 2.75) is 31.7 Å². The third-order valence-corrected chi connectivity index (χ3v) is 3.04. The van der Waals surface area contributed by atoms with Crippen molar-refractivity contribution < 1.29 is 0 Å². The van der Waals surface area contributed by atoms with E-state index >= 15 is 0 Å². The molecule has 0 N–H and O–H groups in total. The maximum Gasteiger partial charge on any atom is 0.147 e. The Kier molecular flexibility index (Phi) is 2.87. The van der Waals surface area contributed by atoms with E-state index in [-0.39, 0.29) is 0 Å². The van der Waals surface area contributed by atoms with Crippen LogP contribution in [-0.2, 0) is 0 Å². The van der Waals surface area contributed by atoms with E-state index in [1.54, 1.807) is 12.4 Å². The maximum absolute atomic E-state index is 5.68. The number of hydrogen-bond donors (Lipinski definition) is 0. The van der Waals surface area contributed by atoms with Gasteiger partial charge in [0.2, 0.25) is 0 Å². The molecule has 0 aliphatic heterocycles. The SMILES string of the molecule is CN(c1cnc(Cl)cn1)C1CCCC1. The first-order valence-corrected chi connectivity index (χ1v) is 5.35. The third-order valence-electron chi connectivity index (χ3n) is 2.84. The summed E-state index contributed by atoms with van der Waals surface area (Å²) in [7, 11) is 2.08. The van der Waals surface area contributed by atoms with Crippen LogP contribution in [0.5, 0.6) is 0 Å². The summed E-state index contributed by atoms with van der Waals surface area (Å²) in [6.07, 6.45) is 8.52. The summed E-state index contributed by atoms with van der Waals surface area (Å²) in [5.74, 6) is 0.918. The molecule has 1 aromatic heterocycles. The molecule has 0 spiro atoms. The summed E-state index contributed by atoms with van der Waals surface area (Å²) in [5, 5.41) is 0.452. The molecule has 0 unspecified atom stereocenters. The molecule has 0 aromatic carbocycles. The first kappa shape index (κ1) is 9.71. The highest BCUT2D eigenvalue weighted by atomic mass is 35.5. The van der Waals surface area contributed by atoms with Crippen LogP contribution in [0.2, 0.25) is 5.15 Å². The second-order valence-corrected chi connectivity index (χ2v) is 4.13. The van der Waals surface area contributed by atoms with Gasteiger partial charge in [-0.25, -0.2) is 9.97 Å². The Morgan fingerprint density at radius 2 is 2.00 bits per heavy atom. The van der Waals surface area contributed by atoms with Crippen molar-refractivity contribution in [3.05, 3.63) is 17.5 Å². The molecule has 76 valence electrons. The summed E-state index contributed by atoms with van der Waals surface area (Å²) in [6.45, 7) is 0. The van der Waals surface area contributed by atoms with E-state index in [2.05, 4.69) is 21.9 Å². The van der Waals surface area contributed by atoms with E-state index in [4.69, 9.17) is 11.6 Å². The molecule has 0 bridgehead atoms. The highest BCUT2D eigenvalue weighted by Gasteiger charge is 2.20. The van der Waals surface area contributed by atoms with Crippen molar-refractivity contribution in [1.29, 1.82) is 0 Å². The van der Waals surface area contributed by atoms with Gasteiger partial charge in [-0.2, -0.15) is 0 Å². The smallest absolute Gasteiger partial charge is 0.147 e. The van der Waals surface area contributed by atoms with Gasteiger partial charge in [0.1, 0.15) is 11.0 Å². The number of hydrogen-bond acceptors (Lipinski definition) is 3. The normalized spacial score (nSPS) is 17.3. The summed E-state index contributed by atoms with van der Waals surface area (Å²) in [5.41, 5.74) is 0. The fourth-order valence-corrected chi connectivity index (χ4v) is 2.06. The molecule has 2 rings (SSSR count). The largest absolute Gasteiger partial charge is 0.355 e. The zero-order chi connectivity index (χ0) is 9.97. The molecule has 1 heterocycles. The van der Waals surface area contributed by atoms with Gasteiger partial charge in [0.05, 0.1) is 12.4 Å². The first-order chi connectivity index (χ1) is 6.77. The second-order valence-electron chi connectivity index (χ2n) is 3.75. The van der Waals surface area contributed by atoms with Crippen molar-refractivity contribution in [1.82, 2.24) is 9.97 Å². The molecule has 4 heteroatoms. The standard InChI is InChI=1S/C10H14ClN3/c1-14(8-4-2-3-5-8)10-7-12-9(11)6-13-10/h6-8H,2-5H2,1H3. The number of nitrogens with zero attached hydrogens (tertiary/aromatic N) is 3. The maximum atomic E-state index is 5.68. The van der Waals surface area contributed by atoms with Gasteiger partial charge in [0.25, 0.3) is 0 Å². The molecule has 1 aliphatic rings. The molecule has 3 nitrogen and oxygen atoms in total. The fourth-order valence-electron chi connectivity index (χ4n) is 1.97. The van der Waals surface area contributed by atoms with Crippen molar-refractivity contribution >= 4 is 17.4 Å². The molecule has 1 aliphatic carbocycles. The molecule has 0 radical (unpaired) electrons. The van der Waals surface area contributed by atoms with Crippen LogP contribution in [0.15, 0.2) is 12.4 Å². The van der Waals surface area contributed by atoms with Gasteiger partial charge in [-0.1, -0.05) is 24.4 Å². The molecular formula is C10H14ClN3. The van der Waals surface area contributed by atoms with Crippen LogP contribution in [0.4, 0.5) is 5.82 Å². The summed E-state index contributed by atoms with van der Waals surface area (Å²) >= 11 is 5.68. The minimum Gasteiger partial charge on any atom is -0.355 e.